The van der Waals surface area contributed by atoms with Crippen LogP contribution < -0.4 is 9.61 Å². The molecule has 1 aromatic heterocycles. The molecule has 3 aromatic rings. The van der Waals surface area contributed by atoms with Gasteiger partial charge in [-0.3, -0.25) is 9.36 Å². The van der Waals surface area contributed by atoms with Gasteiger partial charge in [0.2, 0.25) is 0 Å². The van der Waals surface area contributed by atoms with E-state index in [0.29, 0.717) is 21.7 Å². The summed E-state index contributed by atoms with van der Waals surface area (Å²) in [6.07, 6.45) is -4.40. The first-order valence-corrected chi connectivity index (χ1v) is 7.09. The molecule has 0 amide bonds. The number of methoxy groups -OCH3 is 1. The van der Waals surface area contributed by atoms with E-state index in [0.717, 1.165) is 23.5 Å². The number of hydrogen-bond donors (Lipinski definition) is 0. The molecule has 0 aliphatic heterocycles. The number of alkyl halides is 3. The van der Waals surface area contributed by atoms with Crippen LogP contribution >= 0.6 is 11.3 Å². The summed E-state index contributed by atoms with van der Waals surface area (Å²) in [5.74, 6) is 0.619. The van der Waals surface area contributed by atoms with Gasteiger partial charge in [-0.05, 0) is 42.5 Å². The summed E-state index contributed by atoms with van der Waals surface area (Å²) in [4.78, 5) is 11.9. The molecule has 0 spiro atoms. The number of aromatic nitrogens is 1. The van der Waals surface area contributed by atoms with E-state index in [1.165, 1.54) is 23.8 Å². The van der Waals surface area contributed by atoms with E-state index < -0.39 is 11.7 Å². The molecule has 0 saturated carbocycles. The topological polar surface area (TPSA) is 31.2 Å². The fraction of sp³-hybridized carbons (Fsp3) is 0.133. The Kier molecular flexibility index (Phi) is 3.44. The number of thiazole rings is 1. The molecule has 0 atom stereocenters. The molecule has 1 heterocycles. The fourth-order valence-corrected chi connectivity index (χ4v) is 3.09. The second kappa shape index (κ2) is 5.17. The first-order chi connectivity index (χ1) is 10.4. The standard InChI is InChI=1S/C15H10F3NO2S/c1-21-11-6-7-12-13(8-11)22-14(20)19(12)10-4-2-9(3-5-10)15(16,17)18/h2-8H,1H3. The molecule has 0 bridgehead atoms. The number of halogens is 3. The van der Waals surface area contributed by atoms with Gasteiger partial charge >= 0.3 is 11.0 Å². The summed E-state index contributed by atoms with van der Waals surface area (Å²) in [6.45, 7) is 0. The summed E-state index contributed by atoms with van der Waals surface area (Å²) >= 11 is 1.02. The van der Waals surface area contributed by atoms with Crippen LogP contribution in [-0.2, 0) is 6.18 Å². The lowest BCUT2D eigenvalue weighted by molar-refractivity contribution is -0.137. The maximum atomic E-state index is 12.6. The summed E-state index contributed by atoms with van der Waals surface area (Å²) in [7, 11) is 1.52. The Morgan fingerprint density at radius 1 is 1.09 bits per heavy atom. The molecule has 114 valence electrons. The Morgan fingerprint density at radius 2 is 1.77 bits per heavy atom. The number of benzene rings is 2. The molecular weight excluding hydrogens is 315 g/mol. The van der Waals surface area contributed by atoms with E-state index in [9.17, 15) is 18.0 Å². The number of fused-ring (bicyclic) bond motifs is 1. The Balaban J connectivity index is 2.14. The highest BCUT2D eigenvalue weighted by Crippen LogP contribution is 2.30. The van der Waals surface area contributed by atoms with Crippen LogP contribution in [0, 0.1) is 0 Å². The lowest BCUT2D eigenvalue weighted by Gasteiger charge is -2.08. The SMILES string of the molecule is COc1ccc2c(c1)sc(=O)n2-c1ccc(C(F)(F)F)cc1. The van der Waals surface area contributed by atoms with Crippen LogP contribution in [0.15, 0.2) is 47.3 Å². The summed E-state index contributed by atoms with van der Waals surface area (Å²) in [5, 5.41) is 0. The minimum Gasteiger partial charge on any atom is -0.497 e. The summed E-state index contributed by atoms with van der Waals surface area (Å²) < 4.78 is 45.0. The lowest BCUT2D eigenvalue weighted by atomic mass is 10.2. The first kappa shape index (κ1) is 14.6. The molecule has 7 heteroatoms. The second-order valence-corrected chi connectivity index (χ2v) is 5.57. The molecule has 0 fully saturated rings. The molecule has 0 radical (unpaired) electrons. The Morgan fingerprint density at radius 3 is 2.36 bits per heavy atom. The molecule has 22 heavy (non-hydrogen) atoms. The average Bonchev–Trinajstić information content (AvgIpc) is 2.81. The van der Waals surface area contributed by atoms with Gasteiger partial charge in [0.15, 0.2) is 0 Å². The van der Waals surface area contributed by atoms with Gasteiger partial charge in [-0.1, -0.05) is 11.3 Å². The quantitative estimate of drug-likeness (QED) is 0.711. The first-order valence-electron chi connectivity index (χ1n) is 6.27. The zero-order chi connectivity index (χ0) is 15.9. The number of nitrogens with zero attached hydrogens (tertiary/aromatic N) is 1. The van der Waals surface area contributed by atoms with E-state index in [4.69, 9.17) is 4.74 Å². The van der Waals surface area contributed by atoms with E-state index >= 15 is 0 Å². The molecular formula is C15H10F3NO2S. The second-order valence-electron chi connectivity index (χ2n) is 4.58. The van der Waals surface area contributed by atoms with Crippen molar-refractivity contribution in [2.24, 2.45) is 0 Å². The largest absolute Gasteiger partial charge is 0.497 e. The third-order valence-electron chi connectivity index (χ3n) is 3.24. The predicted molar refractivity (Wildman–Crippen MR) is 79.0 cm³/mol. The molecule has 3 rings (SSSR count). The van der Waals surface area contributed by atoms with Gasteiger partial charge in [-0.15, -0.1) is 0 Å². The monoisotopic (exact) mass is 325 g/mol. The molecule has 0 unspecified atom stereocenters. The summed E-state index contributed by atoms with van der Waals surface area (Å²) in [5.41, 5.74) is 0.287. The Bertz CT molecular complexity index is 878. The molecule has 2 aromatic carbocycles. The zero-order valence-corrected chi connectivity index (χ0v) is 12.2. The van der Waals surface area contributed by atoms with Crippen molar-refractivity contribution in [3.05, 3.63) is 57.7 Å². The molecule has 0 aliphatic carbocycles. The van der Waals surface area contributed by atoms with Crippen LogP contribution in [0.1, 0.15) is 5.56 Å². The van der Waals surface area contributed by atoms with Crippen molar-refractivity contribution in [2.45, 2.75) is 6.18 Å². The summed E-state index contributed by atoms with van der Waals surface area (Å²) in [6, 6.07) is 9.66. The predicted octanol–water partition coefficient (Wildman–Crippen LogP) is 4.08. The van der Waals surface area contributed by atoms with Crippen molar-refractivity contribution >= 4 is 21.6 Å². The van der Waals surface area contributed by atoms with Crippen molar-refractivity contribution in [1.29, 1.82) is 0 Å². The molecule has 0 N–H and O–H groups in total. The minimum atomic E-state index is -4.40. The van der Waals surface area contributed by atoms with E-state index in [2.05, 4.69) is 0 Å². The maximum Gasteiger partial charge on any atom is 0.416 e. The van der Waals surface area contributed by atoms with Crippen LogP contribution in [-0.4, -0.2) is 11.7 Å². The average molecular weight is 325 g/mol. The molecule has 0 saturated heterocycles. The van der Waals surface area contributed by atoms with Crippen molar-refractivity contribution in [3.8, 4) is 11.4 Å². The number of ether oxygens (including phenoxy) is 1. The van der Waals surface area contributed by atoms with Gasteiger partial charge in [-0.25, -0.2) is 0 Å². The van der Waals surface area contributed by atoms with Gasteiger partial charge in [0.25, 0.3) is 0 Å². The Labute approximate surface area is 127 Å². The lowest BCUT2D eigenvalue weighted by Crippen LogP contribution is -2.11. The third-order valence-corrected chi connectivity index (χ3v) is 4.14. The van der Waals surface area contributed by atoms with Crippen LogP contribution in [0.4, 0.5) is 13.2 Å². The van der Waals surface area contributed by atoms with Crippen LogP contribution in [0.2, 0.25) is 0 Å². The highest BCUT2D eigenvalue weighted by Gasteiger charge is 2.30. The van der Waals surface area contributed by atoms with Crippen LogP contribution in [0.3, 0.4) is 0 Å². The van der Waals surface area contributed by atoms with Crippen molar-refractivity contribution in [1.82, 2.24) is 4.57 Å². The van der Waals surface area contributed by atoms with Crippen molar-refractivity contribution in [3.63, 3.8) is 0 Å². The third kappa shape index (κ3) is 2.48. The number of rotatable bonds is 2. The molecule has 0 aliphatic rings. The van der Waals surface area contributed by atoms with Gasteiger partial charge < -0.3 is 4.74 Å². The smallest absolute Gasteiger partial charge is 0.416 e. The molecule has 3 nitrogen and oxygen atoms in total. The van der Waals surface area contributed by atoms with E-state index in [1.807, 2.05) is 0 Å². The zero-order valence-electron chi connectivity index (χ0n) is 11.3. The van der Waals surface area contributed by atoms with Gasteiger partial charge in [0, 0.05) is 0 Å². The normalized spacial score (nSPS) is 11.8. The highest BCUT2D eigenvalue weighted by molar-refractivity contribution is 7.16. The highest BCUT2D eigenvalue weighted by atomic mass is 32.1. The van der Waals surface area contributed by atoms with Gasteiger partial charge in [0.05, 0.1) is 28.6 Å². The van der Waals surface area contributed by atoms with E-state index in [1.54, 1.807) is 18.2 Å². The van der Waals surface area contributed by atoms with Crippen LogP contribution in [0.25, 0.3) is 15.9 Å². The minimum absolute atomic E-state index is 0.261. The van der Waals surface area contributed by atoms with Gasteiger partial charge in [-0.2, -0.15) is 13.2 Å². The van der Waals surface area contributed by atoms with Gasteiger partial charge in [0.1, 0.15) is 5.75 Å². The van der Waals surface area contributed by atoms with Crippen molar-refractivity contribution in [2.75, 3.05) is 7.11 Å². The van der Waals surface area contributed by atoms with Crippen molar-refractivity contribution < 1.29 is 17.9 Å². The number of hydrogen-bond acceptors (Lipinski definition) is 3. The maximum absolute atomic E-state index is 12.6. The Hall–Kier alpha value is -2.28. The van der Waals surface area contributed by atoms with E-state index in [-0.39, 0.29) is 4.87 Å². The fourth-order valence-electron chi connectivity index (χ4n) is 2.17. The van der Waals surface area contributed by atoms with Crippen LogP contribution in [0.5, 0.6) is 5.75 Å².